The van der Waals surface area contributed by atoms with Crippen LogP contribution in [0.2, 0.25) is 0 Å². The first kappa shape index (κ1) is 28.3. The van der Waals surface area contributed by atoms with Crippen molar-refractivity contribution in [2.45, 2.75) is 0 Å². The Labute approximate surface area is 296 Å². The molecule has 11 rings (SSSR count). The average molecular weight is 670 g/mol. The van der Waals surface area contributed by atoms with E-state index in [-0.39, 0.29) is 0 Å². The fourth-order valence-electron chi connectivity index (χ4n) is 7.64. The average Bonchev–Trinajstić information content (AvgIpc) is 3.86. The molecular weight excluding hydrogens is 643 g/mol. The zero-order valence-electron chi connectivity index (χ0n) is 27.2. The molecule has 4 heterocycles. The molecule has 0 saturated carbocycles. The van der Waals surface area contributed by atoms with Gasteiger partial charge in [-0.1, -0.05) is 121 Å². The second kappa shape index (κ2) is 11.0. The SMILES string of the molecule is c1ccc(-c2ccc(-c3cc(-c4cccc5c4oc4ccccc45)nc(-n4c5ccccc5c5cc6sc7ccccc7c6cc54)n3)cc2)cc1. The van der Waals surface area contributed by atoms with E-state index in [0.717, 1.165) is 61.1 Å². The number of nitrogens with zero attached hydrogens (tertiary/aromatic N) is 3. The zero-order chi connectivity index (χ0) is 33.5. The molecule has 0 aliphatic rings. The first-order valence-corrected chi connectivity index (χ1v) is 17.9. The summed E-state index contributed by atoms with van der Waals surface area (Å²) in [5, 5.41) is 7.03. The van der Waals surface area contributed by atoms with E-state index in [1.165, 1.54) is 36.5 Å². The van der Waals surface area contributed by atoms with E-state index >= 15 is 0 Å². The van der Waals surface area contributed by atoms with Crippen molar-refractivity contribution in [1.82, 2.24) is 14.5 Å². The Morgan fingerprint density at radius 2 is 1.12 bits per heavy atom. The number of rotatable bonds is 4. The maximum atomic E-state index is 6.53. The van der Waals surface area contributed by atoms with Crippen molar-refractivity contribution in [3.8, 4) is 39.6 Å². The number of hydrogen-bond acceptors (Lipinski definition) is 4. The molecular formula is C46H27N3OS. The Morgan fingerprint density at radius 1 is 0.431 bits per heavy atom. The third-order valence-electron chi connectivity index (χ3n) is 10.1. The Bertz CT molecular complexity index is 3130. The summed E-state index contributed by atoms with van der Waals surface area (Å²) in [5.74, 6) is 0.618. The van der Waals surface area contributed by atoms with Crippen molar-refractivity contribution in [2.75, 3.05) is 0 Å². The molecule has 0 amide bonds. The normalized spacial score (nSPS) is 11.9. The summed E-state index contributed by atoms with van der Waals surface area (Å²) in [5.41, 5.74) is 9.77. The van der Waals surface area contributed by atoms with Crippen molar-refractivity contribution >= 4 is 75.3 Å². The lowest BCUT2D eigenvalue weighted by molar-refractivity contribution is 0.670. The molecule has 0 atom stereocenters. The molecule has 0 saturated heterocycles. The highest BCUT2D eigenvalue weighted by molar-refractivity contribution is 7.25. The lowest BCUT2D eigenvalue weighted by atomic mass is 10.0. The van der Waals surface area contributed by atoms with E-state index in [1.54, 1.807) is 0 Å². The second-order valence-electron chi connectivity index (χ2n) is 13.0. The first-order chi connectivity index (χ1) is 25.3. The van der Waals surface area contributed by atoms with Crippen LogP contribution in [0.3, 0.4) is 0 Å². The predicted molar refractivity (Wildman–Crippen MR) is 213 cm³/mol. The molecule has 238 valence electrons. The summed E-state index contributed by atoms with van der Waals surface area (Å²) in [6, 6.07) is 57.7. The first-order valence-electron chi connectivity index (χ1n) is 17.1. The van der Waals surface area contributed by atoms with Crippen LogP contribution in [0.25, 0.3) is 104 Å². The summed E-state index contributed by atoms with van der Waals surface area (Å²) in [6.45, 7) is 0. The van der Waals surface area contributed by atoms with Crippen molar-refractivity contribution in [2.24, 2.45) is 0 Å². The molecule has 4 nitrogen and oxygen atoms in total. The van der Waals surface area contributed by atoms with Gasteiger partial charge in [-0.15, -0.1) is 11.3 Å². The number of aromatic nitrogens is 3. The molecule has 51 heavy (non-hydrogen) atoms. The minimum Gasteiger partial charge on any atom is -0.455 e. The smallest absolute Gasteiger partial charge is 0.235 e. The van der Waals surface area contributed by atoms with Crippen LogP contribution in [0.1, 0.15) is 0 Å². The van der Waals surface area contributed by atoms with Gasteiger partial charge in [-0.05, 0) is 53.6 Å². The molecule has 0 bridgehead atoms. The van der Waals surface area contributed by atoms with Gasteiger partial charge in [-0.25, -0.2) is 9.97 Å². The van der Waals surface area contributed by atoms with E-state index in [2.05, 4.69) is 150 Å². The number of hydrogen-bond donors (Lipinski definition) is 0. The molecule has 0 fully saturated rings. The minimum atomic E-state index is 0.618. The standard InChI is InChI=1S/C46H27N3OS/c1-2-11-28(12-3-1)29-21-23-30(24-22-29)38-27-39(35-17-10-16-34-32-14-5-8-19-42(32)50-45(34)35)48-46(47-38)49-40-18-7-4-13-31(40)36-26-44-37(25-41(36)49)33-15-6-9-20-43(33)51-44/h1-27H. The second-order valence-corrected chi connectivity index (χ2v) is 14.1. The Kier molecular flexibility index (Phi) is 6.09. The Balaban J connectivity index is 1.20. The van der Waals surface area contributed by atoms with Crippen LogP contribution < -0.4 is 0 Å². The fourth-order valence-corrected chi connectivity index (χ4v) is 8.76. The van der Waals surface area contributed by atoms with Gasteiger partial charge in [0.2, 0.25) is 5.95 Å². The molecule has 5 heteroatoms. The van der Waals surface area contributed by atoms with Gasteiger partial charge >= 0.3 is 0 Å². The molecule has 0 aliphatic carbocycles. The molecule has 0 N–H and O–H groups in total. The topological polar surface area (TPSA) is 43.9 Å². The van der Waals surface area contributed by atoms with Crippen LogP contribution in [-0.4, -0.2) is 14.5 Å². The maximum absolute atomic E-state index is 6.53. The number of para-hydroxylation sites is 3. The fraction of sp³-hybridized carbons (Fsp3) is 0. The number of thiophene rings is 1. The van der Waals surface area contributed by atoms with Gasteiger partial charge in [0.25, 0.3) is 0 Å². The van der Waals surface area contributed by atoms with E-state index in [9.17, 15) is 0 Å². The van der Waals surface area contributed by atoms with E-state index in [4.69, 9.17) is 14.4 Å². The van der Waals surface area contributed by atoms with E-state index < -0.39 is 0 Å². The summed E-state index contributed by atoms with van der Waals surface area (Å²) in [7, 11) is 0. The van der Waals surface area contributed by atoms with Gasteiger partial charge in [0.15, 0.2) is 0 Å². The highest BCUT2D eigenvalue weighted by Gasteiger charge is 2.20. The van der Waals surface area contributed by atoms with E-state index in [1.807, 2.05) is 29.5 Å². The molecule has 0 unspecified atom stereocenters. The van der Waals surface area contributed by atoms with Crippen molar-refractivity contribution in [3.63, 3.8) is 0 Å². The molecule has 4 aromatic heterocycles. The van der Waals surface area contributed by atoms with Crippen molar-refractivity contribution in [1.29, 1.82) is 0 Å². The Hall–Kier alpha value is -6.56. The number of furan rings is 1. The van der Waals surface area contributed by atoms with Crippen LogP contribution in [0.4, 0.5) is 0 Å². The van der Waals surface area contributed by atoms with Crippen molar-refractivity contribution < 1.29 is 4.42 Å². The van der Waals surface area contributed by atoms with Crippen LogP contribution in [0.15, 0.2) is 168 Å². The lowest BCUT2D eigenvalue weighted by Crippen LogP contribution is -2.04. The molecule has 0 spiro atoms. The monoisotopic (exact) mass is 669 g/mol. The van der Waals surface area contributed by atoms with Gasteiger partial charge < -0.3 is 4.42 Å². The molecule has 7 aromatic carbocycles. The molecule has 0 radical (unpaired) electrons. The summed E-state index contributed by atoms with van der Waals surface area (Å²) in [4.78, 5) is 10.7. The van der Waals surface area contributed by atoms with Crippen LogP contribution >= 0.6 is 11.3 Å². The summed E-state index contributed by atoms with van der Waals surface area (Å²) < 4.78 is 11.3. The molecule has 11 aromatic rings. The number of benzene rings is 7. The molecule has 0 aliphatic heterocycles. The van der Waals surface area contributed by atoms with Crippen molar-refractivity contribution in [3.05, 3.63) is 164 Å². The zero-order valence-corrected chi connectivity index (χ0v) is 28.1. The summed E-state index contributed by atoms with van der Waals surface area (Å²) >= 11 is 1.84. The minimum absolute atomic E-state index is 0.618. The highest BCUT2D eigenvalue weighted by Crippen LogP contribution is 2.41. The number of fused-ring (bicyclic) bond motifs is 9. The van der Waals surface area contributed by atoms with E-state index in [0.29, 0.717) is 5.95 Å². The van der Waals surface area contributed by atoms with Gasteiger partial charge in [-0.3, -0.25) is 4.57 Å². The van der Waals surface area contributed by atoms with Crippen LogP contribution in [0.5, 0.6) is 0 Å². The third kappa shape index (κ3) is 4.38. The van der Waals surface area contributed by atoms with Crippen LogP contribution in [0, 0.1) is 0 Å². The van der Waals surface area contributed by atoms with Gasteiger partial charge in [0.05, 0.1) is 22.4 Å². The lowest BCUT2D eigenvalue weighted by Gasteiger charge is -2.12. The Morgan fingerprint density at radius 3 is 2.00 bits per heavy atom. The van der Waals surface area contributed by atoms with Gasteiger partial charge in [-0.2, -0.15) is 0 Å². The highest BCUT2D eigenvalue weighted by atomic mass is 32.1. The van der Waals surface area contributed by atoms with Gasteiger partial charge in [0.1, 0.15) is 11.2 Å². The largest absolute Gasteiger partial charge is 0.455 e. The maximum Gasteiger partial charge on any atom is 0.235 e. The van der Waals surface area contributed by atoms with Gasteiger partial charge in [0, 0.05) is 52.8 Å². The van der Waals surface area contributed by atoms with Crippen LogP contribution in [-0.2, 0) is 0 Å². The summed E-state index contributed by atoms with van der Waals surface area (Å²) in [6.07, 6.45) is 0. The predicted octanol–water partition coefficient (Wildman–Crippen LogP) is 12.8. The quantitative estimate of drug-likeness (QED) is 0.187. The third-order valence-corrected chi connectivity index (χ3v) is 11.2.